The molecule has 0 spiro atoms. The molecule has 208 valence electrons. The zero-order chi connectivity index (χ0) is 28.5. The second-order valence-corrected chi connectivity index (χ2v) is 10.5. The molecule has 2 aromatic heterocycles. The molecule has 0 radical (unpaired) electrons. The van der Waals surface area contributed by atoms with Crippen LogP contribution in [-0.2, 0) is 9.59 Å². The number of aryl methyl sites for hydroxylation is 1. The molecule has 0 aliphatic carbocycles. The average molecular weight is 559 g/mol. The van der Waals surface area contributed by atoms with Gasteiger partial charge in [-0.15, -0.1) is 0 Å². The number of rotatable bonds is 7. The van der Waals surface area contributed by atoms with E-state index in [1.807, 2.05) is 66.4 Å². The summed E-state index contributed by atoms with van der Waals surface area (Å²) in [7, 11) is 0. The van der Waals surface area contributed by atoms with E-state index in [4.69, 9.17) is 0 Å². The van der Waals surface area contributed by atoms with E-state index in [0.29, 0.717) is 22.6 Å². The number of nitrogens with zero attached hydrogens (tertiary/aromatic N) is 4. The minimum absolute atomic E-state index is 0.177. The predicted molar refractivity (Wildman–Crippen MR) is 161 cm³/mol. The summed E-state index contributed by atoms with van der Waals surface area (Å²) in [5, 5.41) is 5.96. The Morgan fingerprint density at radius 2 is 1.77 bits per heavy atom. The van der Waals surface area contributed by atoms with E-state index in [1.165, 1.54) is 24.3 Å². The van der Waals surface area contributed by atoms with Crippen molar-refractivity contribution in [3.8, 4) is 11.3 Å². The van der Waals surface area contributed by atoms with E-state index in [-0.39, 0.29) is 11.8 Å². The third-order valence-corrected chi connectivity index (χ3v) is 7.39. The van der Waals surface area contributed by atoms with Gasteiger partial charge in [0.05, 0.1) is 5.69 Å². The van der Waals surface area contributed by atoms with Gasteiger partial charge in [0.1, 0.15) is 10.3 Å². The zero-order valence-electron chi connectivity index (χ0n) is 23.0. The van der Waals surface area contributed by atoms with Gasteiger partial charge in [0.15, 0.2) is 5.13 Å². The Labute approximate surface area is 238 Å². The largest absolute Gasteiger partial charge is 0.340 e. The first-order valence-electron chi connectivity index (χ1n) is 13.3. The van der Waals surface area contributed by atoms with Gasteiger partial charge in [-0.05, 0) is 61.9 Å². The van der Waals surface area contributed by atoms with Gasteiger partial charge >= 0.3 is 0 Å². The highest BCUT2D eigenvalue weighted by atomic mass is 32.1. The van der Waals surface area contributed by atoms with Crippen molar-refractivity contribution < 1.29 is 14.4 Å². The minimum Gasteiger partial charge on any atom is -0.340 e. The van der Waals surface area contributed by atoms with Crippen LogP contribution in [0.25, 0.3) is 21.6 Å². The number of benzene rings is 2. The van der Waals surface area contributed by atoms with Crippen molar-refractivity contribution in [1.29, 1.82) is 0 Å². The van der Waals surface area contributed by atoms with Gasteiger partial charge in [-0.3, -0.25) is 19.3 Å². The van der Waals surface area contributed by atoms with Crippen LogP contribution in [0.5, 0.6) is 0 Å². The molecule has 0 atom stereocenters. The summed E-state index contributed by atoms with van der Waals surface area (Å²) in [6.45, 7) is 10.9. The molecule has 4 aromatic rings. The zero-order valence-corrected chi connectivity index (χ0v) is 23.8. The summed E-state index contributed by atoms with van der Waals surface area (Å²) >= 11 is 1.30. The van der Waals surface area contributed by atoms with E-state index in [0.717, 1.165) is 53.5 Å². The second-order valence-electron chi connectivity index (χ2n) is 9.55. The number of carbonyl (C=O) groups excluding carboxylic acids is 3. The van der Waals surface area contributed by atoms with Gasteiger partial charge in [0.2, 0.25) is 12.3 Å². The highest BCUT2D eigenvalue weighted by molar-refractivity contribution is 7.21. The van der Waals surface area contributed by atoms with Crippen LogP contribution in [0.15, 0.2) is 60.7 Å². The average Bonchev–Trinajstić information content (AvgIpc) is 3.36. The highest BCUT2D eigenvalue weighted by Crippen LogP contribution is 2.27. The molecule has 0 saturated carbocycles. The topological polar surface area (TPSA) is 108 Å². The Kier molecular flexibility index (Phi) is 9.93. The summed E-state index contributed by atoms with van der Waals surface area (Å²) in [5.41, 5.74) is 4.67. The van der Waals surface area contributed by atoms with Gasteiger partial charge in [0.25, 0.3) is 5.91 Å². The monoisotopic (exact) mass is 558 g/mol. The molecule has 40 heavy (non-hydrogen) atoms. The van der Waals surface area contributed by atoms with Crippen molar-refractivity contribution in [1.82, 2.24) is 19.8 Å². The number of carbonyl (C=O) groups is 3. The molecule has 2 aromatic carbocycles. The first-order valence-corrected chi connectivity index (χ1v) is 14.1. The van der Waals surface area contributed by atoms with Crippen molar-refractivity contribution in [3.05, 3.63) is 71.8 Å². The molecule has 1 saturated heterocycles. The summed E-state index contributed by atoms with van der Waals surface area (Å²) in [5.74, 6) is 0.0370. The summed E-state index contributed by atoms with van der Waals surface area (Å²) in [6.07, 6.45) is 1.80. The number of amides is 3. The van der Waals surface area contributed by atoms with Crippen LogP contribution in [0.2, 0.25) is 0 Å². The van der Waals surface area contributed by atoms with Crippen LogP contribution in [0.3, 0.4) is 0 Å². The van der Waals surface area contributed by atoms with E-state index >= 15 is 0 Å². The molecule has 9 nitrogen and oxygen atoms in total. The fourth-order valence-electron chi connectivity index (χ4n) is 4.44. The maximum Gasteiger partial charge on any atom is 0.255 e. The van der Waals surface area contributed by atoms with Crippen LogP contribution >= 0.6 is 11.3 Å². The number of piperazine rings is 1. The molecule has 10 heteroatoms. The summed E-state index contributed by atoms with van der Waals surface area (Å²) in [4.78, 5) is 48.1. The van der Waals surface area contributed by atoms with Crippen molar-refractivity contribution >= 4 is 50.7 Å². The third-order valence-electron chi connectivity index (χ3n) is 6.49. The lowest BCUT2D eigenvalue weighted by Crippen LogP contribution is -2.48. The SMILES string of the molecule is CCCN1CCN(C(C)=O)CC1.Cc1cccc(NC(=O)c2cccc(-c3ccc4nc(NC=O)sc4n3)c2)c1. The van der Waals surface area contributed by atoms with Crippen molar-refractivity contribution in [2.24, 2.45) is 0 Å². The van der Waals surface area contributed by atoms with Crippen LogP contribution in [0.4, 0.5) is 10.8 Å². The number of hydrogen-bond donors (Lipinski definition) is 2. The first kappa shape index (κ1) is 28.8. The van der Waals surface area contributed by atoms with Crippen molar-refractivity contribution in [3.63, 3.8) is 0 Å². The van der Waals surface area contributed by atoms with Crippen molar-refractivity contribution in [2.75, 3.05) is 43.4 Å². The lowest BCUT2D eigenvalue weighted by Gasteiger charge is -2.33. The Morgan fingerprint density at radius 1 is 1.00 bits per heavy atom. The Hall–Kier alpha value is -4.15. The van der Waals surface area contributed by atoms with Gasteiger partial charge in [-0.2, -0.15) is 0 Å². The first-order chi connectivity index (χ1) is 19.4. The number of thiazole rings is 1. The number of nitrogens with one attached hydrogen (secondary N) is 2. The number of fused-ring (bicyclic) bond motifs is 1. The molecule has 5 rings (SSSR count). The van der Waals surface area contributed by atoms with Gasteiger partial charge in [-0.25, -0.2) is 9.97 Å². The summed E-state index contributed by atoms with van der Waals surface area (Å²) in [6, 6.07) is 18.7. The predicted octanol–water partition coefficient (Wildman–Crippen LogP) is 5.05. The number of hydrogen-bond acceptors (Lipinski definition) is 7. The lowest BCUT2D eigenvalue weighted by atomic mass is 10.1. The Morgan fingerprint density at radius 3 is 2.48 bits per heavy atom. The van der Waals surface area contributed by atoms with Crippen LogP contribution < -0.4 is 10.6 Å². The van der Waals surface area contributed by atoms with Crippen LogP contribution in [0.1, 0.15) is 36.2 Å². The highest BCUT2D eigenvalue weighted by Gasteiger charge is 2.17. The molecule has 1 aliphatic heterocycles. The van der Waals surface area contributed by atoms with E-state index in [1.54, 1.807) is 13.0 Å². The molecule has 3 amide bonds. The number of anilines is 2. The molecule has 2 N–H and O–H groups in total. The van der Waals surface area contributed by atoms with E-state index in [9.17, 15) is 14.4 Å². The molecule has 0 bridgehead atoms. The Balaban J connectivity index is 0.000000259. The van der Waals surface area contributed by atoms with E-state index in [2.05, 4.69) is 32.4 Å². The van der Waals surface area contributed by atoms with Gasteiger partial charge < -0.3 is 15.5 Å². The van der Waals surface area contributed by atoms with Crippen LogP contribution in [-0.4, -0.2) is 70.7 Å². The lowest BCUT2D eigenvalue weighted by molar-refractivity contribution is -0.130. The third kappa shape index (κ3) is 7.71. The standard InChI is InChI=1S/C21H16N4O2S.C9H18N2O/c1-13-4-2-7-16(10-13)23-19(27)15-6-3-5-14(11-15)17-8-9-18-20(24-17)28-21(25-18)22-12-26;1-3-4-10-5-7-11(8-6-10)9(2)12/h2-12H,1H3,(H,23,27)(H,22,25,26);3-8H2,1-2H3. The normalized spacial score (nSPS) is 13.3. The maximum atomic E-state index is 12.6. The quantitative estimate of drug-likeness (QED) is 0.308. The molecule has 3 heterocycles. The minimum atomic E-state index is -0.177. The van der Waals surface area contributed by atoms with Crippen LogP contribution in [0, 0.1) is 6.92 Å². The number of aromatic nitrogens is 2. The fourth-order valence-corrected chi connectivity index (χ4v) is 5.23. The molecule has 1 aliphatic rings. The summed E-state index contributed by atoms with van der Waals surface area (Å²) < 4.78 is 0. The fraction of sp³-hybridized carbons (Fsp3) is 0.300. The molecule has 0 unspecified atom stereocenters. The smallest absolute Gasteiger partial charge is 0.255 e. The maximum absolute atomic E-state index is 12.6. The van der Waals surface area contributed by atoms with Gasteiger partial charge in [-0.1, -0.05) is 42.5 Å². The molecular formula is C30H34N6O3S. The second kappa shape index (κ2) is 13.8. The molecule has 1 fully saturated rings. The Bertz CT molecular complexity index is 1480. The molecular weight excluding hydrogens is 524 g/mol. The van der Waals surface area contributed by atoms with Gasteiger partial charge in [0, 0.05) is 49.9 Å². The van der Waals surface area contributed by atoms with E-state index < -0.39 is 0 Å². The number of pyridine rings is 1. The van der Waals surface area contributed by atoms with Crippen molar-refractivity contribution in [2.45, 2.75) is 27.2 Å².